The fraction of sp³-hybridized carbons (Fsp3) is 0.364. The van der Waals surface area contributed by atoms with Gasteiger partial charge in [0.05, 0.1) is 6.61 Å². The van der Waals surface area contributed by atoms with Gasteiger partial charge in [0.1, 0.15) is 0 Å². The molecule has 1 rings (SSSR count). The van der Waals surface area contributed by atoms with Crippen LogP contribution in [-0.4, -0.2) is 32.3 Å². The van der Waals surface area contributed by atoms with E-state index in [-0.39, 0.29) is 12.4 Å². The molecule has 124 valence electrons. The SMILES string of the molecule is CCOC(=O)NC(C(Cl)(Cl)Cl)P(=O)(O)Oc1ccccc1O. The number of nitrogens with one attached hydrogen (secondary N) is 1. The van der Waals surface area contributed by atoms with Gasteiger partial charge in [0.25, 0.3) is 0 Å². The van der Waals surface area contributed by atoms with Gasteiger partial charge in [-0.05, 0) is 19.1 Å². The minimum atomic E-state index is -4.72. The van der Waals surface area contributed by atoms with Crippen LogP contribution in [0, 0.1) is 0 Å². The molecule has 0 fully saturated rings. The molecule has 3 N–H and O–H groups in total. The molecule has 0 aromatic heterocycles. The first kappa shape index (κ1) is 19.2. The van der Waals surface area contributed by atoms with E-state index in [9.17, 15) is 19.4 Å². The highest BCUT2D eigenvalue weighted by Gasteiger charge is 2.49. The van der Waals surface area contributed by atoms with Crippen molar-refractivity contribution in [1.82, 2.24) is 5.32 Å². The monoisotopic (exact) mass is 391 g/mol. The highest BCUT2D eigenvalue weighted by atomic mass is 35.6. The summed E-state index contributed by atoms with van der Waals surface area (Å²) in [6.45, 7) is 1.54. The van der Waals surface area contributed by atoms with Crippen LogP contribution in [0.1, 0.15) is 6.92 Å². The van der Waals surface area contributed by atoms with Crippen LogP contribution >= 0.6 is 42.4 Å². The minimum Gasteiger partial charge on any atom is -0.504 e. The minimum absolute atomic E-state index is 0.00840. The number of benzene rings is 1. The fourth-order valence-corrected chi connectivity index (χ4v) is 3.81. The average molecular weight is 393 g/mol. The number of alkyl carbamates (subject to hydrolysis) is 1. The molecule has 1 aromatic carbocycles. The van der Waals surface area contributed by atoms with Crippen LogP contribution < -0.4 is 9.84 Å². The normalized spacial score (nSPS) is 15.5. The number of alkyl halides is 3. The summed E-state index contributed by atoms with van der Waals surface area (Å²) < 4.78 is 19.4. The zero-order valence-corrected chi connectivity index (χ0v) is 14.4. The maximum atomic E-state index is 12.3. The van der Waals surface area contributed by atoms with Crippen molar-refractivity contribution in [3.63, 3.8) is 0 Å². The number of phenols is 1. The number of carbonyl (C=O) groups excluding carboxylic acids is 1. The Morgan fingerprint density at radius 2 is 2.00 bits per heavy atom. The molecule has 11 heteroatoms. The van der Waals surface area contributed by atoms with E-state index in [1.807, 2.05) is 5.32 Å². The standard InChI is InChI=1S/C11H13Cl3NO6P/c1-2-20-10(17)15-9(11(12,13)14)22(18,19)21-8-6-4-3-5-7(8)16/h3-6,9,16H,2H2,1H3,(H,15,17)(H,18,19). The van der Waals surface area contributed by atoms with Crippen molar-refractivity contribution in [2.45, 2.75) is 16.5 Å². The Labute approximate surface area is 141 Å². The van der Waals surface area contributed by atoms with Gasteiger partial charge in [0.2, 0.25) is 3.79 Å². The van der Waals surface area contributed by atoms with Gasteiger partial charge in [-0.25, -0.2) is 9.36 Å². The molecule has 0 saturated carbocycles. The van der Waals surface area contributed by atoms with Gasteiger partial charge in [-0.2, -0.15) is 0 Å². The molecule has 0 aliphatic carbocycles. The van der Waals surface area contributed by atoms with Gasteiger partial charge in [0.15, 0.2) is 17.3 Å². The first-order valence-electron chi connectivity index (χ1n) is 5.88. The summed E-state index contributed by atoms with van der Waals surface area (Å²) in [5.74, 6) is -2.61. The summed E-state index contributed by atoms with van der Waals surface area (Å²) in [6.07, 6.45) is -1.06. The highest BCUT2D eigenvalue weighted by molar-refractivity contribution is 7.54. The summed E-state index contributed by atoms with van der Waals surface area (Å²) >= 11 is 16.9. The van der Waals surface area contributed by atoms with Crippen LogP contribution in [0.5, 0.6) is 11.5 Å². The summed E-state index contributed by atoms with van der Waals surface area (Å²) in [7, 11) is -4.72. The Kier molecular flexibility index (Phi) is 6.65. The molecule has 0 heterocycles. The third-order valence-electron chi connectivity index (χ3n) is 2.26. The fourth-order valence-electron chi connectivity index (χ4n) is 1.36. The van der Waals surface area contributed by atoms with E-state index < -0.39 is 29.0 Å². The Morgan fingerprint density at radius 3 is 2.50 bits per heavy atom. The van der Waals surface area contributed by atoms with Gasteiger partial charge in [0, 0.05) is 0 Å². The molecule has 0 aliphatic heterocycles. The molecule has 2 atom stereocenters. The Hall–Kier alpha value is -0.850. The molecule has 2 unspecified atom stereocenters. The van der Waals surface area contributed by atoms with E-state index in [2.05, 4.69) is 4.74 Å². The lowest BCUT2D eigenvalue weighted by molar-refractivity contribution is 0.149. The van der Waals surface area contributed by atoms with Crippen LogP contribution in [0.4, 0.5) is 4.79 Å². The van der Waals surface area contributed by atoms with Gasteiger partial charge in [-0.1, -0.05) is 46.9 Å². The van der Waals surface area contributed by atoms with E-state index in [0.717, 1.165) is 0 Å². The second-order valence-corrected chi connectivity index (χ2v) is 8.13. The van der Waals surface area contributed by atoms with Crippen molar-refractivity contribution in [3.05, 3.63) is 24.3 Å². The van der Waals surface area contributed by atoms with Crippen molar-refractivity contribution in [2.75, 3.05) is 6.61 Å². The quantitative estimate of drug-likeness (QED) is 0.524. The van der Waals surface area contributed by atoms with E-state index in [4.69, 9.17) is 39.3 Å². The molecule has 0 spiro atoms. The molecule has 1 aromatic rings. The predicted molar refractivity (Wildman–Crippen MR) is 82.8 cm³/mol. The summed E-state index contributed by atoms with van der Waals surface area (Å²) in [5.41, 5.74) is 0. The Balaban J connectivity index is 3.04. The van der Waals surface area contributed by atoms with Crippen molar-refractivity contribution in [1.29, 1.82) is 0 Å². The van der Waals surface area contributed by atoms with Crippen molar-refractivity contribution >= 4 is 48.5 Å². The lowest BCUT2D eigenvalue weighted by Crippen LogP contribution is -2.44. The molecule has 7 nitrogen and oxygen atoms in total. The highest BCUT2D eigenvalue weighted by Crippen LogP contribution is 2.55. The van der Waals surface area contributed by atoms with Crippen LogP contribution in [0.3, 0.4) is 0 Å². The van der Waals surface area contributed by atoms with Gasteiger partial charge in [-0.3, -0.25) is 0 Å². The average Bonchev–Trinajstić information content (AvgIpc) is 2.37. The van der Waals surface area contributed by atoms with Gasteiger partial charge >= 0.3 is 13.7 Å². The number of amides is 1. The van der Waals surface area contributed by atoms with Crippen molar-refractivity contribution in [2.24, 2.45) is 0 Å². The smallest absolute Gasteiger partial charge is 0.408 e. The van der Waals surface area contributed by atoms with E-state index in [0.29, 0.717) is 0 Å². The molecular weight excluding hydrogens is 379 g/mol. The van der Waals surface area contributed by atoms with Crippen LogP contribution in [0.15, 0.2) is 24.3 Å². The van der Waals surface area contributed by atoms with Crippen molar-refractivity contribution in [3.8, 4) is 11.5 Å². The first-order valence-corrected chi connectivity index (χ1v) is 8.66. The number of carbonyl (C=O) groups is 1. The maximum Gasteiger partial charge on any atom is 0.408 e. The number of halogens is 3. The second-order valence-electron chi connectivity index (χ2n) is 3.93. The third-order valence-corrected chi connectivity index (χ3v) is 5.00. The number of hydrogen-bond donors (Lipinski definition) is 3. The number of ether oxygens (including phenoxy) is 1. The van der Waals surface area contributed by atoms with E-state index >= 15 is 0 Å². The van der Waals surface area contributed by atoms with Crippen LogP contribution in [0.25, 0.3) is 0 Å². The molecule has 0 radical (unpaired) electrons. The van der Waals surface area contributed by atoms with Crippen LogP contribution in [-0.2, 0) is 9.30 Å². The summed E-state index contributed by atoms with van der Waals surface area (Å²) in [5, 5.41) is 11.5. The summed E-state index contributed by atoms with van der Waals surface area (Å²) in [6, 6.07) is 5.41. The molecule has 0 bridgehead atoms. The maximum absolute atomic E-state index is 12.3. The van der Waals surface area contributed by atoms with Gasteiger partial charge in [-0.15, -0.1) is 0 Å². The van der Waals surface area contributed by atoms with Gasteiger partial charge < -0.3 is 24.6 Å². The van der Waals surface area contributed by atoms with E-state index in [1.54, 1.807) is 0 Å². The number of rotatable bonds is 5. The Morgan fingerprint density at radius 1 is 1.41 bits per heavy atom. The first-order chi connectivity index (χ1) is 10.1. The molecule has 0 saturated heterocycles. The molecule has 22 heavy (non-hydrogen) atoms. The Bertz CT molecular complexity index is 579. The number of aromatic hydroxyl groups is 1. The molecule has 0 aliphatic rings. The molecule has 1 amide bonds. The lowest BCUT2D eigenvalue weighted by atomic mass is 10.3. The zero-order valence-electron chi connectivity index (χ0n) is 11.2. The zero-order chi connectivity index (χ0) is 17.0. The van der Waals surface area contributed by atoms with Crippen molar-refractivity contribution < 1.29 is 28.6 Å². The number of para-hydroxylation sites is 2. The number of hydrogen-bond acceptors (Lipinski definition) is 5. The number of phenolic OH excluding ortho intramolecular Hbond substituents is 1. The summed E-state index contributed by atoms with van der Waals surface area (Å²) in [4.78, 5) is 21.4. The van der Waals surface area contributed by atoms with Crippen LogP contribution in [0.2, 0.25) is 0 Å². The van der Waals surface area contributed by atoms with E-state index in [1.165, 1.54) is 31.2 Å². The predicted octanol–water partition coefficient (Wildman–Crippen LogP) is 3.40. The third kappa shape index (κ3) is 5.41. The second kappa shape index (κ2) is 7.62. The molecular formula is C11H13Cl3NO6P. The lowest BCUT2D eigenvalue weighted by Gasteiger charge is -2.28. The topological polar surface area (TPSA) is 105 Å². The largest absolute Gasteiger partial charge is 0.504 e.